The van der Waals surface area contributed by atoms with Crippen LogP contribution in [0.15, 0.2) is 16.2 Å². The van der Waals surface area contributed by atoms with Crippen molar-refractivity contribution in [1.29, 1.82) is 0 Å². The second-order valence-corrected chi connectivity index (χ2v) is 8.64. The van der Waals surface area contributed by atoms with Crippen LogP contribution in [0, 0.1) is 0 Å². The Morgan fingerprint density at radius 3 is 2.82 bits per heavy atom. The number of H-pyrrole nitrogens is 1. The van der Waals surface area contributed by atoms with Crippen LogP contribution in [0.1, 0.15) is 41.1 Å². The van der Waals surface area contributed by atoms with Gasteiger partial charge in [-0.2, -0.15) is 13.2 Å². The third-order valence-corrected chi connectivity index (χ3v) is 6.68. The molecule has 10 heteroatoms. The van der Waals surface area contributed by atoms with E-state index in [-0.39, 0.29) is 23.4 Å². The number of nitrogens with zero attached hydrogens (tertiary/aromatic N) is 1. The number of carbonyl (C=O) groups excluding carboxylic acids is 1. The van der Waals surface area contributed by atoms with Crippen molar-refractivity contribution in [1.82, 2.24) is 9.97 Å². The molecule has 5 nitrogen and oxygen atoms in total. The molecule has 3 aromatic heterocycles. The van der Waals surface area contributed by atoms with Gasteiger partial charge in [-0.1, -0.05) is 0 Å². The van der Waals surface area contributed by atoms with Crippen molar-refractivity contribution in [2.45, 2.75) is 44.7 Å². The van der Waals surface area contributed by atoms with Crippen molar-refractivity contribution in [3.05, 3.63) is 43.6 Å². The normalized spacial score (nSPS) is 14.2. The van der Waals surface area contributed by atoms with Crippen LogP contribution in [0.25, 0.3) is 10.2 Å². The number of aryl methyl sites for hydroxylation is 3. The highest BCUT2D eigenvalue weighted by Gasteiger charge is 2.31. The van der Waals surface area contributed by atoms with E-state index in [9.17, 15) is 22.8 Å². The Kier molecular flexibility index (Phi) is 5.00. The number of thiophene rings is 2. The number of carbonyl (C=O) groups is 1. The molecule has 1 aliphatic rings. The molecule has 2 N–H and O–H groups in total. The highest BCUT2D eigenvalue weighted by Crippen LogP contribution is 2.35. The summed E-state index contributed by atoms with van der Waals surface area (Å²) in [5.41, 5.74) is 0.126. The van der Waals surface area contributed by atoms with Gasteiger partial charge in [-0.05, 0) is 37.3 Å². The molecule has 3 heterocycles. The van der Waals surface area contributed by atoms with Crippen LogP contribution in [0.3, 0.4) is 0 Å². The van der Waals surface area contributed by atoms with Crippen molar-refractivity contribution in [2.24, 2.45) is 0 Å². The summed E-state index contributed by atoms with van der Waals surface area (Å²) in [6.45, 7) is 0. The average Bonchev–Trinajstić information content (AvgIpc) is 3.24. The Balaban J connectivity index is 1.44. The summed E-state index contributed by atoms with van der Waals surface area (Å²) in [7, 11) is 0. The number of halogens is 3. The minimum absolute atomic E-state index is 0.0127. The lowest BCUT2D eigenvalue weighted by molar-refractivity contribution is -0.137. The lowest BCUT2D eigenvalue weighted by atomic mass is 9.97. The first-order valence-corrected chi connectivity index (χ1v) is 10.5. The molecular formula is C18H16F3N3O2S2. The zero-order valence-corrected chi connectivity index (χ0v) is 16.2. The number of rotatable bonds is 4. The van der Waals surface area contributed by atoms with Crippen LogP contribution in [0.5, 0.6) is 0 Å². The van der Waals surface area contributed by atoms with E-state index in [1.54, 1.807) is 0 Å². The van der Waals surface area contributed by atoms with Crippen LogP contribution >= 0.6 is 22.7 Å². The van der Waals surface area contributed by atoms with Gasteiger partial charge in [0.2, 0.25) is 5.91 Å². The van der Waals surface area contributed by atoms with Gasteiger partial charge in [0, 0.05) is 23.1 Å². The Labute approximate surface area is 165 Å². The van der Waals surface area contributed by atoms with Gasteiger partial charge in [0.15, 0.2) is 0 Å². The molecule has 1 aliphatic carbocycles. The summed E-state index contributed by atoms with van der Waals surface area (Å²) < 4.78 is 37.8. The molecule has 4 rings (SSSR count). The molecule has 0 unspecified atom stereocenters. The van der Waals surface area contributed by atoms with Crippen molar-refractivity contribution in [3.8, 4) is 0 Å². The minimum Gasteiger partial charge on any atom is -0.318 e. The molecule has 0 fully saturated rings. The number of hydrogen-bond acceptors (Lipinski definition) is 5. The van der Waals surface area contributed by atoms with Crippen molar-refractivity contribution < 1.29 is 18.0 Å². The third-order valence-electron chi connectivity index (χ3n) is 4.65. The number of aromatic nitrogens is 2. The predicted molar refractivity (Wildman–Crippen MR) is 103 cm³/mol. The zero-order valence-electron chi connectivity index (χ0n) is 14.6. The summed E-state index contributed by atoms with van der Waals surface area (Å²) in [5, 5.41) is 4.22. The number of aromatic amines is 1. The molecule has 0 radical (unpaired) electrons. The highest BCUT2D eigenvalue weighted by atomic mass is 32.1. The Morgan fingerprint density at radius 1 is 1.29 bits per heavy atom. The Morgan fingerprint density at radius 2 is 2.07 bits per heavy atom. The zero-order chi connectivity index (χ0) is 19.9. The van der Waals surface area contributed by atoms with Crippen LogP contribution < -0.4 is 10.9 Å². The summed E-state index contributed by atoms with van der Waals surface area (Å²) in [4.78, 5) is 33.7. The topological polar surface area (TPSA) is 74.8 Å². The molecule has 0 bridgehead atoms. The van der Waals surface area contributed by atoms with Gasteiger partial charge in [-0.25, -0.2) is 4.98 Å². The van der Waals surface area contributed by atoms with E-state index in [1.807, 2.05) is 0 Å². The SMILES string of the molecule is O=C(CCc1nc2sc3c(c2c(=O)[nH]1)CCCC3)Nc1cc(C(F)(F)F)cs1. The van der Waals surface area contributed by atoms with Crippen molar-refractivity contribution in [3.63, 3.8) is 0 Å². The number of anilines is 1. The first-order valence-electron chi connectivity index (χ1n) is 8.80. The molecule has 148 valence electrons. The molecule has 0 spiro atoms. The summed E-state index contributed by atoms with van der Waals surface area (Å²) >= 11 is 2.36. The van der Waals surface area contributed by atoms with Gasteiger partial charge >= 0.3 is 6.18 Å². The summed E-state index contributed by atoms with van der Waals surface area (Å²) in [6, 6.07) is 0.908. The molecule has 0 aliphatic heterocycles. The molecule has 0 saturated heterocycles. The highest BCUT2D eigenvalue weighted by molar-refractivity contribution is 7.18. The Bertz CT molecular complexity index is 1100. The first kappa shape index (κ1) is 19.1. The van der Waals surface area contributed by atoms with Gasteiger partial charge in [0.05, 0.1) is 16.0 Å². The van der Waals surface area contributed by atoms with E-state index in [0.717, 1.165) is 54.0 Å². The minimum atomic E-state index is -4.43. The van der Waals surface area contributed by atoms with E-state index in [1.165, 1.54) is 16.2 Å². The van der Waals surface area contributed by atoms with Gasteiger partial charge < -0.3 is 10.3 Å². The predicted octanol–water partition coefficient (Wildman–Crippen LogP) is 4.52. The fraction of sp³-hybridized carbons (Fsp3) is 0.389. The summed E-state index contributed by atoms with van der Waals surface area (Å²) in [6.07, 6.45) is -0.173. The van der Waals surface area contributed by atoms with Gasteiger partial charge in [0.25, 0.3) is 5.56 Å². The third kappa shape index (κ3) is 3.83. The van der Waals surface area contributed by atoms with Crippen LogP contribution in [-0.2, 0) is 30.2 Å². The maximum absolute atomic E-state index is 12.6. The van der Waals surface area contributed by atoms with E-state index in [2.05, 4.69) is 15.3 Å². The number of alkyl halides is 3. The number of nitrogens with one attached hydrogen (secondary N) is 2. The van der Waals surface area contributed by atoms with E-state index in [0.29, 0.717) is 16.0 Å². The smallest absolute Gasteiger partial charge is 0.318 e. The van der Waals surface area contributed by atoms with Gasteiger partial charge in [-0.3, -0.25) is 9.59 Å². The first-order chi connectivity index (χ1) is 13.3. The van der Waals surface area contributed by atoms with Crippen molar-refractivity contribution >= 4 is 43.8 Å². The second-order valence-electron chi connectivity index (χ2n) is 6.65. The second kappa shape index (κ2) is 7.32. The Hall–Kier alpha value is -2.20. The average molecular weight is 427 g/mol. The van der Waals surface area contributed by atoms with E-state index in [4.69, 9.17) is 0 Å². The lowest BCUT2D eigenvalue weighted by Gasteiger charge is -2.09. The quantitative estimate of drug-likeness (QED) is 0.643. The fourth-order valence-electron chi connectivity index (χ4n) is 3.31. The lowest BCUT2D eigenvalue weighted by Crippen LogP contribution is -2.16. The maximum Gasteiger partial charge on any atom is 0.417 e. The number of fused-ring (bicyclic) bond motifs is 3. The largest absolute Gasteiger partial charge is 0.417 e. The standard InChI is InChI=1S/C18H16F3N3O2S2/c19-18(20,21)9-7-14(27-8-9)24-13(25)6-5-12-22-16(26)15-10-3-1-2-4-11(10)28-17(15)23-12/h7-8H,1-6H2,(H,24,25)(H,22,23,26). The molecule has 0 saturated carbocycles. The van der Waals surface area contributed by atoms with Crippen LogP contribution in [-0.4, -0.2) is 15.9 Å². The molecule has 0 aromatic carbocycles. The summed E-state index contributed by atoms with van der Waals surface area (Å²) in [5.74, 6) is -0.0165. The molecule has 3 aromatic rings. The van der Waals surface area contributed by atoms with Crippen LogP contribution in [0.2, 0.25) is 0 Å². The van der Waals surface area contributed by atoms with Crippen molar-refractivity contribution in [2.75, 3.05) is 5.32 Å². The van der Waals surface area contributed by atoms with E-state index < -0.39 is 17.6 Å². The molecule has 0 atom stereocenters. The molecule has 1 amide bonds. The van der Waals surface area contributed by atoms with Gasteiger partial charge in [0.1, 0.15) is 10.7 Å². The molecular weight excluding hydrogens is 411 g/mol. The number of hydrogen-bond donors (Lipinski definition) is 2. The van der Waals surface area contributed by atoms with E-state index >= 15 is 0 Å². The van der Waals surface area contributed by atoms with Crippen LogP contribution in [0.4, 0.5) is 18.2 Å². The fourth-order valence-corrected chi connectivity index (χ4v) is 5.41. The monoisotopic (exact) mass is 427 g/mol. The number of amides is 1. The maximum atomic E-state index is 12.6. The molecule has 28 heavy (non-hydrogen) atoms. The van der Waals surface area contributed by atoms with Gasteiger partial charge in [-0.15, -0.1) is 22.7 Å².